The second-order valence-corrected chi connectivity index (χ2v) is 5.39. The summed E-state index contributed by atoms with van der Waals surface area (Å²) in [5.41, 5.74) is -1.46. The van der Waals surface area contributed by atoms with E-state index < -0.39 is 23.1 Å². The smallest absolute Gasteiger partial charge is 0.419 e. The predicted molar refractivity (Wildman–Crippen MR) is 63.6 cm³/mol. The molecule has 0 saturated heterocycles. The van der Waals surface area contributed by atoms with Gasteiger partial charge in [-0.05, 0) is 5.41 Å². The van der Waals surface area contributed by atoms with Crippen LogP contribution in [0.4, 0.5) is 13.2 Å². The Morgan fingerprint density at radius 3 is 2.35 bits per heavy atom. The highest BCUT2D eigenvalue weighted by molar-refractivity contribution is 5.90. The van der Waals surface area contributed by atoms with Crippen LogP contribution in [0.25, 0.3) is 5.65 Å². The highest BCUT2D eigenvalue weighted by Gasteiger charge is 2.34. The summed E-state index contributed by atoms with van der Waals surface area (Å²) < 4.78 is 38.7. The zero-order valence-corrected chi connectivity index (χ0v) is 11.0. The Balaban J connectivity index is 2.79. The molecule has 0 aliphatic heterocycles. The zero-order chi connectivity index (χ0) is 15.3. The van der Waals surface area contributed by atoms with Crippen LogP contribution in [-0.4, -0.2) is 25.7 Å². The van der Waals surface area contributed by atoms with Gasteiger partial charge in [-0.1, -0.05) is 20.8 Å². The van der Waals surface area contributed by atoms with Crippen molar-refractivity contribution in [1.29, 1.82) is 0 Å². The first-order chi connectivity index (χ1) is 9.01. The van der Waals surface area contributed by atoms with Crippen molar-refractivity contribution in [1.82, 2.24) is 14.6 Å². The Morgan fingerprint density at radius 2 is 1.90 bits per heavy atom. The summed E-state index contributed by atoms with van der Waals surface area (Å²) in [6.45, 7) is 5.24. The van der Waals surface area contributed by atoms with E-state index in [1.807, 2.05) is 0 Å². The van der Waals surface area contributed by atoms with E-state index in [0.717, 1.165) is 10.7 Å². The largest absolute Gasteiger partial charge is 0.476 e. The number of hydrogen-bond donors (Lipinski definition) is 1. The minimum absolute atomic E-state index is 0.114. The topological polar surface area (TPSA) is 67.5 Å². The zero-order valence-electron chi connectivity index (χ0n) is 11.0. The van der Waals surface area contributed by atoms with Crippen molar-refractivity contribution in [2.24, 2.45) is 0 Å². The van der Waals surface area contributed by atoms with Crippen molar-refractivity contribution in [3.8, 4) is 0 Å². The molecule has 1 N–H and O–H groups in total. The molecule has 0 saturated carbocycles. The summed E-state index contributed by atoms with van der Waals surface area (Å²) in [6.07, 6.45) is -3.14. The van der Waals surface area contributed by atoms with E-state index in [4.69, 9.17) is 5.11 Å². The lowest BCUT2D eigenvalue weighted by molar-refractivity contribution is -0.138. The van der Waals surface area contributed by atoms with E-state index >= 15 is 0 Å². The van der Waals surface area contributed by atoms with Crippen molar-refractivity contribution < 1.29 is 23.1 Å². The molecule has 0 atom stereocenters. The first-order valence-electron chi connectivity index (χ1n) is 5.71. The molecule has 0 aliphatic rings. The maximum Gasteiger partial charge on any atom is 0.419 e. The molecule has 0 spiro atoms. The Bertz CT molecular complexity index is 684. The van der Waals surface area contributed by atoms with Gasteiger partial charge in [0.1, 0.15) is 0 Å². The van der Waals surface area contributed by atoms with E-state index in [-0.39, 0.29) is 11.3 Å². The quantitative estimate of drug-likeness (QED) is 0.875. The van der Waals surface area contributed by atoms with Crippen LogP contribution in [0.1, 0.15) is 42.4 Å². The van der Waals surface area contributed by atoms with E-state index in [2.05, 4.69) is 10.1 Å². The molecule has 8 heteroatoms. The van der Waals surface area contributed by atoms with Gasteiger partial charge in [0, 0.05) is 18.0 Å². The number of aromatic nitrogens is 3. The molecule has 2 heterocycles. The number of alkyl halides is 3. The van der Waals surface area contributed by atoms with Gasteiger partial charge in [-0.3, -0.25) is 0 Å². The van der Waals surface area contributed by atoms with Gasteiger partial charge in [0.05, 0.1) is 5.56 Å². The molecule has 0 aliphatic carbocycles. The van der Waals surface area contributed by atoms with Gasteiger partial charge in [0.2, 0.25) is 0 Å². The molecule has 5 nitrogen and oxygen atoms in total. The van der Waals surface area contributed by atoms with Crippen LogP contribution >= 0.6 is 0 Å². The average molecular weight is 287 g/mol. The lowest BCUT2D eigenvalue weighted by Gasteiger charge is -2.17. The van der Waals surface area contributed by atoms with Crippen LogP contribution in [0.5, 0.6) is 0 Å². The number of fused-ring (bicyclic) bond motifs is 1. The third-order valence-electron chi connectivity index (χ3n) is 2.75. The third kappa shape index (κ3) is 2.33. The number of carboxylic acid groups (broad SMARTS) is 1. The number of rotatable bonds is 1. The van der Waals surface area contributed by atoms with Crippen molar-refractivity contribution in [2.75, 3.05) is 0 Å². The number of nitrogens with zero attached hydrogens (tertiary/aromatic N) is 3. The van der Waals surface area contributed by atoms with Crippen LogP contribution in [0.15, 0.2) is 12.4 Å². The van der Waals surface area contributed by atoms with Crippen LogP contribution in [0.3, 0.4) is 0 Å². The molecule has 0 radical (unpaired) electrons. The summed E-state index contributed by atoms with van der Waals surface area (Å²) in [6, 6.07) is 0. The van der Waals surface area contributed by atoms with Gasteiger partial charge in [-0.2, -0.15) is 18.3 Å². The minimum atomic E-state index is -4.56. The van der Waals surface area contributed by atoms with Gasteiger partial charge >= 0.3 is 12.1 Å². The lowest BCUT2D eigenvalue weighted by atomic mass is 9.86. The number of carboxylic acids is 1. The van der Waals surface area contributed by atoms with Gasteiger partial charge in [-0.25, -0.2) is 14.3 Å². The predicted octanol–water partition coefficient (Wildman–Crippen LogP) is 2.74. The maximum absolute atomic E-state index is 12.6. The highest BCUT2D eigenvalue weighted by Crippen LogP contribution is 2.32. The number of hydrogen-bond acceptors (Lipinski definition) is 3. The Hall–Kier alpha value is -2.12. The lowest BCUT2D eigenvalue weighted by Crippen LogP contribution is -2.16. The molecule has 20 heavy (non-hydrogen) atoms. The molecule has 0 unspecified atom stereocenters. The molecule has 0 aromatic carbocycles. The van der Waals surface area contributed by atoms with E-state index in [1.54, 1.807) is 20.8 Å². The average Bonchev–Trinajstić information content (AvgIpc) is 2.65. The Labute approximate surface area is 112 Å². The first kappa shape index (κ1) is 14.3. The second-order valence-electron chi connectivity index (χ2n) is 5.39. The molecule has 108 valence electrons. The van der Waals surface area contributed by atoms with Gasteiger partial charge in [-0.15, -0.1) is 0 Å². The van der Waals surface area contributed by atoms with Crippen LogP contribution in [0.2, 0.25) is 0 Å². The molecular weight excluding hydrogens is 275 g/mol. The van der Waals surface area contributed by atoms with Crippen molar-refractivity contribution in [3.63, 3.8) is 0 Å². The van der Waals surface area contributed by atoms with Gasteiger partial charge in [0.15, 0.2) is 11.3 Å². The maximum atomic E-state index is 12.6. The number of aromatic carboxylic acids is 1. The third-order valence-corrected chi connectivity index (χ3v) is 2.75. The fourth-order valence-electron chi connectivity index (χ4n) is 1.92. The molecule has 0 amide bonds. The van der Waals surface area contributed by atoms with Crippen molar-refractivity contribution >= 4 is 11.6 Å². The minimum Gasteiger partial charge on any atom is -0.476 e. The second kappa shape index (κ2) is 4.19. The standard InChI is InChI=1S/C12H12F3N3O2/c1-11(2,3)7-8(10(19)20)17-18-5-6(12(13,14)15)4-16-9(7)18/h4-5H,1-3H3,(H,19,20). The van der Waals surface area contributed by atoms with Crippen molar-refractivity contribution in [2.45, 2.75) is 32.4 Å². The van der Waals surface area contributed by atoms with E-state index in [1.165, 1.54) is 0 Å². The normalized spacial score (nSPS) is 12.9. The van der Waals surface area contributed by atoms with Crippen LogP contribution in [-0.2, 0) is 11.6 Å². The number of halogens is 3. The molecule has 0 bridgehead atoms. The molecule has 2 rings (SSSR count). The number of carbonyl (C=O) groups is 1. The van der Waals surface area contributed by atoms with Gasteiger partial charge in [0.25, 0.3) is 0 Å². The summed E-state index contributed by atoms with van der Waals surface area (Å²) in [4.78, 5) is 14.9. The fraction of sp³-hybridized carbons (Fsp3) is 0.417. The molecule has 0 fully saturated rings. The summed E-state index contributed by atoms with van der Waals surface area (Å²) in [7, 11) is 0. The summed E-state index contributed by atoms with van der Waals surface area (Å²) >= 11 is 0. The summed E-state index contributed by atoms with van der Waals surface area (Å²) in [5, 5.41) is 12.8. The Kier molecular flexibility index (Phi) is 2.99. The first-order valence-corrected chi connectivity index (χ1v) is 5.71. The highest BCUT2D eigenvalue weighted by atomic mass is 19.4. The SMILES string of the molecule is CC(C)(C)c1c(C(=O)O)nn2cc(C(F)(F)F)cnc12. The fourth-order valence-corrected chi connectivity index (χ4v) is 1.92. The molecular formula is C12H12F3N3O2. The molecule has 2 aromatic heterocycles. The van der Waals surface area contributed by atoms with Crippen LogP contribution < -0.4 is 0 Å². The summed E-state index contributed by atoms with van der Waals surface area (Å²) in [5.74, 6) is -1.30. The van der Waals surface area contributed by atoms with E-state index in [0.29, 0.717) is 11.8 Å². The van der Waals surface area contributed by atoms with Gasteiger partial charge < -0.3 is 5.11 Å². The molecule has 2 aromatic rings. The van der Waals surface area contributed by atoms with E-state index in [9.17, 15) is 18.0 Å². The van der Waals surface area contributed by atoms with Crippen molar-refractivity contribution in [3.05, 3.63) is 29.2 Å². The Morgan fingerprint density at radius 1 is 1.30 bits per heavy atom. The van der Waals surface area contributed by atoms with Crippen LogP contribution in [0, 0.1) is 0 Å². The monoisotopic (exact) mass is 287 g/mol.